The van der Waals surface area contributed by atoms with Crippen molar-refractivity contribution < 1.29 is 14.3 Å². The van der Waals surface area contributed by atoms with Crippen LogP contribution in [0.3, 0.4) is 0 Å². The molecule has 0 radical (unpaired) electrons. The molecule has 0 rings (SSSR count). The van der Waals surface area contributed by atoms with Crippen molar-refractivity contribution in [2.45, 2.75) is 19.8 Å². The summed E-state index contributed by atoms with van der Waals surface area (Å²) in [7, 11) is 3.13. The molecule has 0 saturated heterocycles. The van der Waals surface area contributed by atoms with Gasteiger partial charge < -0.3 is 15.0 Å². The highest BCUT2D eigenvalue weighted by Gasteiger charge is 2.05. The van der Waals surface area contributed by atoms with Crippen molar-refractivity contribution in [3.63, 3.8) is 0 Å². The Hall–Kier alpha value is -1.10. The molecule has 0 aliphatic heterocycles. The maximum Gasteiger partial charge on any atom is 0.305 e. The Labute approximate surface area is 90.8 Å². The van der Waals surface area contributed by atoms with Crippen molar-refractivity contribution in [3.8, 4) is 0 Å². The molecule has 0 aromatic rings. The van der Waals surface area contributed by atoms with E-state index >= 15 is 0 Å². The minimum atomic E-state index is -0.214. The van der Waals surface area contributed by atoms with Crippen molar-refractivity contribution in [2.75, 3.05) is 33.8 Å². The second kappa shape index (κ2) is 8.23. The number of nitrogens with zero attached hydrogens (tertiary/aromatic N) is 1. The second-order valence-corrected chi connectivity index (χ2v) is 3.26. The Morgan fingerprint density at radius 2 is 2.07 bits per heavy atom. The van der Waals surface area contributed by atoms with Gasteiger partial charge in [0, 0.05) is 20.0 Å². The van der Waals surface area contributed by atoms with Crippen LogP contribution in [0.1, 0.15) is 19.8 Å². The number of likely N-dealkylation sites (N-methyl/N-ethyl adjacent to an activating group) is 1. The van der Waals surface area contributed by atoms with Gasteiger partial charge in [-0.1, -0.05) is 0 Å². The number of rotatable bonds is 7. The summed E-state index contributed by atoms with van der Waals surface area (Å²) in [6.07, 6.45) is 1.08. The van der Waals surface area contributed by atoms with Crippen molar-refractivity contribution in [3.05, 3.63) is 0 Å². The molecule has 1 amide bonds. The molecule has 5 nitrogen and oxygen atoms in total. The van der Waals surface area contributed by atoms with E-state index in [0.29, 0.717) is 32.5 Å². The van der Waals surface area contributed by atoms with Crippen LogP contribution in [0.5, 0.6) is 0 Å². The predicted octanol–water partition coefficient (Wildman–Crippen LogP) is 0.00750. The highest BCUT2D eigenvalue weighted by Crippen LogP contribution is 1.89. The molecule has 15 heavy (non-hydrogen) atoms. The Morgan fingerprint density at radius 3 is 2.60 bits per heavy atom. The van der Waals surface area contributed by atoms with E-state index in [2.05, 4.69) is 10.1 Å². The standard InChI is InChI=1S/C10H20N2O3/c1-4-12(2)9(13)8-11-7-5-6-10(14)15-3/h11H,4-8H2,1-3H3. The topological polar surface area (TPSA) is 58.6 Å². The normalized spacial score (nSPS) is 9.80. The molecule has 0 atom stereocenters. The van der Waals surface area contributed by atoms with Crippen molar-refractivity contribution in [1.82, 2.24) is 10.2 Å². The minimum absolute atomic E-state index is 0.0653. The average Bonchev–Trinajstić information content (AvgIpc) is 2.26. The third kappa shape index (κ3) is 6.90. The van der Waals surface area contributed by atoms with Crippen LogP contribution in [-0.4, -0.2) is 50.6 Å². The second-order valence-electron chi connectivity index (χ2n) is 3.26. The minimum Gasteiger partial charge on any atom is -0.469 e. The zero-order valence-corrected chi connectivity index (χ0v) is 9.71. The Kier molecular flexibility index (Phi) is 7.62. The molecule has 0 aromatic carbocycles. The van der Waals surface area contributed by atoms with Crippen LogP contribution in [0, 0.1) is 0 Å². The van der Waals surface area contributed by atoms with Crippen LogP contribution in [0.4, 0.5) is 0 Å². The molecular weight excluding hydrogens is 196 g/mol. The van der Waals surface area contributed by atoms with E-state index in [-0.39, 0.29) is 11.9 Å². The van der Waals surface area contributed by atoms with Gasteiger partial charge in [0.05, 0.1) is 13.7 Å². The average molecular weight is 216 g/mol. The van der Waals surface area contributed by atoms with E-state index in [1.165, 1.54) is 7.11 Å². The number of amides is 1. The van der Waals surface area contributed by atoms with E-state index in [1.54, 1.807) is 11.9 Å². The summed E-state index contributed by atoms with van der Waals surface area (Å²) in [4.78, 5) is 23.7. The lowest BCUT2D eigenvalue weighted by atomic mass is 10.3. The fourth-order valence-electron chi connectivity index (χ4n) is 0.966. The van der Waals surface area contributed by atoms with E-state index in [1.807, 2.05) is 6.92 Å². The monoisotopic (exact) mass is 216 g/mol. The molecule has 0 bridgehead atoms. The number of carbonyl (C=O) groups is 2. The van der Waals surface area contributed by atoms with Gasteiger partial charge in [0.25, 0.3) is 0 Å². The lowest BCUT2D eigenvalue weighted by Crippen LogP contribution is -2.35. The number of ether oxygens (including phenoxy) is 1. The first-order valence-corrected chi connectivity index (χ1v) is 5.13. The molecular formula is C10H20N2O3. The van der Waals surface area contributed by atoms with Crippen LogP contribution in [-0.2, 0) is 14.3 Å². The number of carbonyl (C=O) groups excluding carboxylic acids is 2. The first-order valence-electron chi connectivity index (χ1n) is 5.13. The molecule has 0 saturated carbocycles. The van der Waals surface area contributed by atoms with Crippen molar-refractivity contribution >= 4 is 11.9 Å². The highest BCUT2D eigenvalue weighted by molar-refractivity contribution is 5.77. The molecule has 1 N–H and O–H groups in total. The summed E-state index contributed by atoms with van der Waals surface area (Å²) < 4.78 is 4.49. The molecule has 0 unspecified atom stereocenters. The number of nitrogens with one attached hydrogen (secondary N) is 1. The van der Waals surface area contributed by atoms with Gasteiger partial charge in [0.2, 0.25) is 5.91 Å². The van der Waals surface area contributed by atoms with E-state index in [4.69, 9.17) is 0 Å². The summed E-state index contributed by atoms with van der Waals surface area (Å²) in [5, 5.41) is 2.98. The van der Waals surface area contributed by atoms with Gasteiger partial charge in [-0.15, -0.1) is 0 Å². The smallest absolute Gasteiger partial charge is 0.305 e. The van der Waals surface area contributed by atoms with Crippen LogP contribution >= 0.6 is 0 Å². The van der Waals surface area contributed by atoms with Gasteiger partial charge >= 0.3 is 5.97 Å². The number of hydrogen-bond donors (Lipinski definition) is 1. The van der Waals surface area contributed by atoms with Crippen molar-refractivity contribution in [1.29, 1.82) is 0 Å². The van der Waals surface area contributed by atoms with Gasteiger partial charge in [-0.05, 0) is 19.9 Å². The van der Waals surface area contributed by atoms with Gasteiger partial charge in [0.15, 0.2) is 0 Å². The molecule has 0 fully saturated rings. The van der Waals surface area contributed by atoms with E-state index in [0.717, 1.165) is 0 Å². The number of methoxy groups -OCH3 is 1. The predicted molar refractivity (Wildman–Crippen MR) is 57.4 cm³/mol. The third-order valence-corrected chi connectivity index (χ3v) is 2.14. The molecule has 0 spiro atoms. The lowest BCUT2D eigenvalue weighted by Gasteiger charge is -2.14. The molecule has 0 heterocycles. The van der Waals surface area contributed by atoms with Crippen molar-refractivity contribution in [2.24, 2.45) is 0 Å². The SMILES string of the molecule is CCN(C)C(=O)CNCCCC(=O)OC. The summed E-state index contributed by atoms with van der Waals surface area (Å²) in [5.41, 5.74) is 0. The maximum absolute atomic E-state index is 11.3. The van der Waals surface area contributed by atoms with Gasteiger partial charge in [-0.2, -0.15) is 0 Å². The quantitative estimate of drug-likeness (QED) is 0.481. The molecule has 0 aliphatic carbocycles. The lowest BCUT2D eigenvalue weighted by molar-refractivity contribution is -0.140. The maximum atomic E-state index is 11.3. The van der Waals surface area contributed by atoms with Crippen LogP contribution in [0.2, 0.25) is 0 Å². The largest absolute Gasteiger partial charge is 0.469 e. The zero-order valence-electron chi connectivity index (χ0n) is 9.71. The van der Waals surface area contributed by atoms with Gasteiger partial charge in [-0.25, -0.2) is 0 Å². The van der Waals surface area contributed by atoms with Crippen LogP contribution < -0.4 is 5.32 Å². The molecule has 0 aliphatic rings. The Bertz CT molecular complexity index is 207. The van der Waals surface area contributed by atoms with E-state index < -0.39 is 0 Å². The fourth-order valence-corrected chi connectivity index (χ4v) is 0.966. The van der Waals surface area contributed by atoms with Gasteiger partial charge in [-0.3, -0.25) is 9.59 Å². The fraction of sp³-hybridized carbons (Fsp3) is 0.800. The zero-order chi connectivity index (χ0) is 11.7. The summed E-state index contributed by atoms with van der Waals surface area (Å²) in [6, 6.07) is 0. The van der Waals surface area contributed by atoms with E-state index in [9.17, 15) is 9.59 Å². The molecule has 5 heteroatoms. The Balaban J connectivity index is 3.39. The van der Waals surface area contributed by atoms with Crippen LogP contribution in [0.25, 0.3) is 0 Å². The first kappa shape index (κ1) is 13.9. The first-order chi connectivity index (χ1) is 7.11. The Morgan fingerprint density at radius 1 is 1.40 bits per heavy atom. The highest BCUT2D eigenvalue weighted by atomic mass is 16.5. The summed E-state index contributed by atoms with van der Waals surface area (Å²) in [5.74, 6) is -0.149. The molecule has 0 aromatic heterocycles. The summed E-state index contributed by atoms with van der Waals surface area (Å²) in [6.45, 7) is 3.61. The van der Waals surface area contributed by atoms with Crippen LogP contribution in [0.15, 0.2) is 0 Å². The number of hydrogen-bond acceptors (Lipinski definition) is 4. The number of esters is 1. The third-order valence-electron chi connectivity index (χ3n) is 2.14. The van der Waals surface area contributed by atoms with Gasteiger partial charge in [0.1, 0.15) is 0 Å². The molecule has 88 valence electrons. The summed E-state index contributed by atoms with van der Waals surface area (Å²) >= 11 is 0.